The first-order chi connectivity index (χ1) is 9.51. The van der Waals surface area contributed by atoms with Crippen LogP contribution < -0.4 is 11.1 Å². The van der Waals surface area contributed by atoms with Crippen molar-refractivity contribution in [3.05, 3.63) is 0 Å². The van der Waals surface area contributed by atoms with Crippen LogP contribution in [0, 0.1) is 5.92 Å². The molecule has 0 aliphatic carbocycles. The Labute approximate surface area is 122 Å². The number of carbonyl (C=O) groups excluding carboxylic acids is 1. The summed E-state index contributed by atoms with van der Waals surface area (Å²) in [6.45, 7) is 4.75. The Morgan fingerprint density at radius 1 is 1.10 bits per heavy atom. The summed E-state index contributed by atoms with van der Waals surface area (Å²) in [7, 11) is 0. The van der Waals surface area contributed by atoms with E-state index in [4.69, 9.17) is 10.8 Å². The lowest BCUT2D eigenvalue weighted by atomic mass is 9.94. The number of aliphatic carboxylic acids is 1. The average Bonchev–Trinajstić information content (AvgIpc) is 2.41. The highest BCUT2D eigenvalue weighted by Crippen LogP contribution is 2.17. The number of amides is 1. The molecule has 0 radical (unpaired) electrons. The molecule has 118 valence electrons. The summed E-state index contributed by atoms with van der Waals surface area (Å²) in [5, 5.41) is 11.6. The maximum absolute atomic E-state index is 11.7. The van der Waals surface area contributed by atoms with E-state index in [1.807, 2.05) is 0 Å². The molecular formula is C15H30N2O3. The number of nitrogens with two attached hydrogens (primary N) is 1. The second-order valence-electron chi connectivity index (χ2n) is 5.42. The maximum atomic E-state index is 11.7. The van der Waals surface area contributed by atoms with E-state index < -0.39 is 12.0 Å². The minimum Gasteiger partial charge on any atom is -0.481 e. The average molecular weight is 286 g/mol. The summed E-state index contributed by atoms with van der Waals surface area (Å²) < 4.78 is 0. The SMILES string of the molecule is CCCC[C@H](N)C(=O)NCCC(CCC)CCC(=O)O. The van der Waals surface area contributed by atoms with Crippen molar-refractivity contribution in [3.8, 4) is 0 Å². The minimum absolute atomic E-state index is 0.0908. The van der Waals surface area contributed by atoms with Gasteiger partial charge in [0.2, 0.25) is 5.91 Å². The van der Waals surface area contributed by atoms with Crippen LogP contribution >= 0.6 is 0 Å². The molecule has 4 N–H and O–H groups in total. The van der Waals surface area contributed by atoms with Crippen LogP contribution in [-0.2, 0) is 9.59 Å². The Bertz CT molecular complexity index is 282. The van der Waals surface area contributed by atoms with Gasteiger partial charge in [0.1, 0.15) is 0 Å². The molecule has 0 rings (SSSR count). The van der Waals surface area contributed by atoms with Crippen LogP contribution in [0.25, 0.3) is 0 Å². The third-order valence-electron chi connectivity index (χ3n) is 3.52. The lowest BCUT2D eigenvalue weighted by molar-refractivity contribution is -0.137. The maximum Gasteiger partial charge on any atom is 0.303 e. The molecule has 0 aromatic rings. The van der Waals surface area contributed by atoms with Crippen LogP contribution in [0.15, 0.2) is 0 Å². The van der Waals surface area contributed by atoms with Gasteiger partial charge >= 0.3 is 5.97 Å². The van der Waals surface area contributed by atoms with E-state index in [1.54, 1.807) is 0 Å². The van der Waals surface area contributed by atoms with Gasteiger partial charge in [-0.1, -0.05) is 39.5 Å². The number of hydrogen-bond acceptors (Lipinski definition) is 3. The Morgan fingerprint density at radius 2 is 1.80 bits per heavy atom. The van der Waals surface area contributed by atoms with Crippen molar-refractivity contribution < 1.29 is 14.7 Å². The van der Waals surface area contributed by atoms with E-state index in [-0.39, 0.29) is 12.3 Å². The molecule has 1 unspecified atom stereocenters. The van der Waals surface area contributed by atoms with E-state index in [0.29, 0.717) is 18.9 Å². The largest absolute Gasteiger partial charge is 0.481 e. The van der Waals surface area contributed by atoms with E-state index in [2.05, 4.69) is 19.2 Å². The Morgan fingerprint density at radius 3 is 2.35 bits per heavy atom. The fraction of sp³-hybridized carbons (Fsp3) is 0.867. The number of unbranched alkanes of at least 4 members (excludes halogenated alkanes) is 1. The molecule has 0 aliphatic heterocycles. The second-order valence-corrected chi connectivity index (χ2v) is 5.42. The number of nitrogens with one attached hydrogen (secondary N) is 1. The van der Waals surface area contributed by atoms with Crippen molar-refractivity contribution in [2.75, 3.05) is 6.54 Å². The number of carboxylic acid groups (broad SMARTS) is 1. The summed E-state index contributed by atoms with van der Waals surface area (Å²) in [5.41, 5.74) is 5.79. The van der Waals surface area contributed by atoms with Gasteiger partial charge in [-0.2, -0.15) is 0 Å². The molecule has 20 heavy (non-hydrogen) atoms. The van der Waals surface area contributed by atoms with Gasteiger partial charge < -0.3 is 16.2 Å². The second kappa shape index (κ2) is 11.7. The number of carboxylic acids is 1. The molecule has 0 saturated heterocycles. The molecule has 1 amide bonds. The summed E-state index contributed by atoms with van der Waals surface area (Å²) >= 11 is 0. The van der Waals surface area contributed by atoms with Crippen LogP contribution in [0.1, 0.15) is 65.2 Å². The molecule has 5 heteroatoms. The van der Waals surface area contributed by atoms with Crippen molar-refractivity contribution >= 4 is 11.9 Å². The molecule has 0 fully saturated rings. The first-order valence-electron chi connectivity index (χ1n) is 7.76. The highest BCUT2D eigenvalue weighted by atomic mass is 16.4. The van der Waals surface area contributed by atoms with Crippen LogP contribution in [-0.4, -0.2) is 29.6 Å². The predicted molar refractivity (Wildman–Crippen MR) is 80.4 cm³/mol. The van der Waals surface area contributed by atoms with Gasteiger partial charge in [0.15, 0.2) is 0 Å². The highest BCUT2D eigenvalue weighted by Gasteiger charge is 2.14. The zero-order chi connectivity index (χ0) is 15.4. The molecule has 2 atom stereocenters. The summed E-state index contributed by atoms with van der Waals surface area (Å²) in [4.78, 5) is 22.3. The van der Waals surface area contributed by atoms with E-state index >= 15 is 0 Å². The fourth-order valence-corrected chi connectivity index (χ4v) is 2.25. The molecule has 0 heterocycles. The molecular weight excluding hydrogens is 256 g/mol. The van der Waals surface area contributed by atoms with Crippen molar-refractivity contribution in [1.82, 2.24) is 5.32 Å². The highest BCUT2D eigenvalue weighted by molar-refractivity contribution is 5.81. The molecule has 0 bridgehead atoms. The first kappa shape index (κ1) is 18.9. The fourth-order valence-electron chi connectivity index (χ4n) is 2.25. The molecule has 5 nitrogen and oxygen atoms in total. The van der Waals surface area contributed by atoms with Crippen LogP contribution in [0.4, 0.5) is 0 Å². The van der Waals surface area contributed by atoms with E-state index in [9.17, 15) is 9.59 Å². The molecule has 0 saturated carbocycles. The quantitative estimate of drug-likeness (QED) is 0.513. The smallest absolute Gasteiger partial charge is 0.303 e. The molecule has 0 spiro atoms. The van der Waals surface area contributed by atoms with Gasteiger partial charge in [-0.3, -0.25) is 9.59 Å². The van der Waals surface area contributed by atoms with Crippen molar-refractivity contribution in [1.29, 1.82) is 0 Å². The van der Waals surface area contributed by atoms with Crippen LogP contribution in [0.3, 0.4) is 0 Å². The van der Waals surface area contributed by atoms with Crippen LogP contribution in [0.2, 0.25) is 0 Å². The topological polar surface area (TPSA) is 92.4 Å². The van der Waals surface area contributed by atoms with Gasteiger partial charge in [-0.25, -0.2) is 0 Å². The zero-order valence-electron chi connectivity index (χ0n) is 12.9. The zero-order valence-corrected chi connectivity index (χ0v) is 12.9. The minimum atomic E-state index is -0.753. The van der Waals surface area contributed by atoms with Crippen molar-refractivity contribution in [3.63, 3.8) is 0 Å². The van der Waals surface area contributed by atoms with Gasteiger partial charge in [0, 0.05) is 13.0 Å². The Kier molecular flexibility index (Phi) is 11.1. The monoisotopic (exact) mass is 286 g/mol. The number of hydrogen-bond donors (Lipinski definition) is 3. The first-order valence-corrected chi connectivity index (χ1v) is 7.76. The normalized spacial score (nSPS) is 13.8. The molecule has 0 aliphatic rings. The summed E-state index contributed by atoms with van der Waals surface area (Å²) in [6.07, 6.45) is 6.47. The summed E-state index contributed by atoms with van der Waals surface area (Å²) in [6, 6.07) is -0.418. The van der Waals surface area contributed by atoms with Gasteiger partial charge in [0.05, 0.1) is 6.04 Å². The third-order valence-corrected chi connectivity index (χ3v) is 3.52. The van der Waals surface area contributed by atoms with Crippen LogP contribution in [0.5, 0.6) is 0 Å². The molecule has 0 aromatic carbocycles. The Hall–Kier alpha value is -1.10. The van der Waals surface area contributed by atoms with Crippen molar-refractivity contribution in [2.45, 2.75) is 71.3 Å². The van der Waals surface area contributed by atoms with Crippen molar-refractivity contribution in [2.24, 2.45) is 11.7 Å². The molecule has 0 aromatic heterocycles. The van der Waals surface area contributed by atoms with Gasteiger partial charge in [0.25, 0.3) is 0 Å². The van der Waals surface area contributed by atoms with E-state index in [0.717, 1.165) is 38.5 Å². The van der Waals surface area contributed by atoms with Gasteiger partial charge in [-0.05, 0) is 25.2 Å². The standard InChI is InChI=1S/C15H30N2O3/c1-3-5-7-13(16)15(20)17-11-10-12(6-4-2)8-9-14(18)19/h12-13H,3-11,16H2,1-2H3,(H,17,20)(H,18,19)/t12?,13-/m0/s1. The lowest BCUT2D eigenvalue weighted by Gasteiger charge is -2.17. The summed E-state index contributed by atoms with van der Waals surface area (Å²) in [5.74, 6) is -0.480. The lowest BCUT2D eigenvalue weighted by Crippen LogP contribution is -2.41. The van der Waals surface area contributed by atoms with Gasteiger partial charge in [-0.15, -0.1) is 0 Å². The number of rotatable bonds is 12. The predicted octanol–water partition coefficient (Wildman–Crippen LogP) is 2.29. The van der Waals surface area contributed by atoms with E-state index in [1.165, 1.54) is 0 Å². The third kappa shape index (κ3) is 9.78. The number of carbonyl (C=O) groups is 2. The Balaban J connectivity index is 3.91.